The van der Waals surface area contributed by atoms with E-state index in [0.29, 0.717) is 6.42 Å². The van der Waals surface area contributed by atoms with Crippen molar-refractivity contribution in [1.29, 1.82) is 0 Å². The molecule has 0 bridgehead atoms. The third-order valence-electron chi connectivity index (χ3n) is 1.97. The van der Waals surface area contributed by atoms with Crippen molar-refractivity contribution in [1.82, 2.24) is 10.2 Å². The molecule has 66 valence electrons. The van der Waals surface area contributed by atoms with E-state index in [1.165, 1.54) is 6.08 Å². The van der Waals surface area contributed by atoms with Crippen molar-refractivity contribution in [2.24, 2.45) is 0 Å². The van der Waals surface area contributed by atoms with Crippen molar-refractivity contribution in [3.63, 3.8) is 0 Å². The number of H-pyrrole nitrogens is 1. The van der Waals surface area contributed by atoms with Crippen molar-refractivity contribution >= 4 is 0 Å². The maximum absolute atomic E-state index is 9.32. The van der Waals surface area contributed by atoms with Gasteiger partial charge in [0, 0.05) is 12.1 Å². The van der Waals surface area contributed by atoms with Gasteiger partial charge in [-0.2, -0.15) is 5.10 Å². The highest BCUT2D eigenvalue weighted by molar-refractivity contribution is 5.24. The molecule has 0 aliphatic rings. The molecule has 0 aromatic carbocycles. The second-order valence-electron chi connectivity index (χ2n) is 2.92. The third kappa shape index (κ3) is 1.74. The van der Waals surface area contributed by atoms with Gasteiger partial charge in [-0.05, 0) is 19.4 Å². The average Bonchev–Trinajstić information content (AvgIpc) is 2.35. The van der Waals surface area contributed by atoms with Gasteiger partial charge in [-0.3, -0.25) is 5.10 Å². The monoisotopic (exact) mass is 166 g/mol. The van der Waals surface area contributed by atoms with E-state index >= 15 is 0 Å². The normalized spacial score (nSPS) is 12.9. The number of aromatic nitrogens is 2. The first-order valence-electron chi connectivity index (χ1n) is 3.96. The molecule has 12 heavy (non-hydrogen) atoms. The molecule has 1 rings (SSSR count). The van der Waals surface area contributed by atoms with Crippen molar-refractivity contribution < 1.29 is 5.11 Å². The number of hydrogen-bond acceptors (Lipinski definition) is 2. The molecule has 1 atom stereocenters. The first kappa shape index (κ1) is 9.00. The van der Waals surface area contributed by atoms with Crippen molar-refractivity contribution in [2.75, 3.05) is 0 Å². The standard InChI is InChI=1S/C9H14N2O/c1-4-8(12)5-9-6(2)10-11-7(9)3/h4,8,12H,1,5H2,2-3H3,(H,10,11)/t8-/m0/s1. The van der Waals surface area contributed by atoms with Crippen LogP contribution in [0.5, 0.6) is 0 Å². The van der Waals surface area contributed by atoms with Crippen molar-refractivity contribution in [2.45, 2.75) is 26.4 Å². The molecule has 0 fully saturated rings. The summed E-state index contributed by atoms with van der Waals surface area (Å²) in [6.07, 6.45) is 1.66. The van der Waals surface area contributed by atoms with Gasteiger partial charge in [-0.25, -0.2) is 0 Å². The zero-order valence-corrected chi connectivity index (χ0v) is 7.46. The number of aliphatic hydroxyl groups is 1. The number of nitrogens with zero attached hydrogens (tertiary/aromatic N) is 1. The lowest BCUT2D eigenvalue weighted by molar-refractivity contribution is 0.224. The van der Waals surface area contributed by atoms with E-state index in [-0.39, 0.29) is 0 Å². The number of rotatable bonds is 3. The lowest BCUT2D eigenvalue weighted by Gasteiger charge is -2.04. The molecule has 3 nitrogen and oxygen atoms in total. The minimum absolute atomic E-state index is 0.472. The first-order valence-corrected chi connectivity index (χ1v) is 3.96. The highest BCUT2D eigenvalue weighted by atomic mass is 16.3. The molecule has 1 aromatic rings. The van der Waals surface area contributed by atoms with E-state index < -0.39 is 6.10 Å². The summed E-state index contributed by atoms with van der Waals surface area (Å²) in [6, 6.07) is 0. The number of nitrogens with one attached hydrogen (secondary N) is 1. The Kier molecular flexibility index (Phi) is 2.65. The van der Waals surface area contributed by atoms with E-state index in [1.807, 2.05) is 13.8 Å². The Hall–Kier alpha value is -1.09. The van der Waals surface area contributed by atoms with Gasteiger partial charge in [0.15, 0.2) is 0 Å². The van der Waals surface area contributed by atoms with Crippen LogP contribution < -0.4 is 0 Å². The van der Waals surface area contributed by atoms with E-state index in [1.54, 1.807) is 0 Å². The quantitative estimate of drug-likeness (QED) is 0.661. The molecule has 0 radical (unpaired) electrons. The number of hydrogen-bond donors (Lipinski definition) is 2. The zero-order chi connectivity index (χ0) is 9.14. The summed E-state index contributed by atoms with van der Waals surface area (Å²) < 4.78 is 0. The molecule has 2 N–H and O–H groups in total. The van der Waals surface area contributed by atoms with Crippen LogP contribution in [0.4, 0.5) is 0 Å². The Balaban J connectivity index is 2.80. The highest BCUT2D eigenvalue weighted by Gasteiger charge is 2.09. The Morgan fingerprint density at radius 3 is 2.75 bits per heavy atom. The molecule has 1 aromatic heterocycles. The van der Waals surface area contributed by atoms with E-state index in [9.17, 15) is 5.11 Å². The van der Waals surface area contributed by atoms with Crippen LogP contribution in [0.15, 0.2) is 12.7 Å². The van der Waals surface area contributed by atoms with Crippen LogP contribution in [0.2, 0.25) is 0 Å². The number of aromatic amines is 1. The second-order valence-corrected chi connectivity index (χ2v) is 2.92. The predicted molar refractivity (Wildman–Crippen MR) is 48.0 cm³/mol. The Labute approximate surface area is 72.1 Å². The fraction of sp³-hybridized carbons (Fsp3) is 0.444. The summed E-state index contributed by atoms with van der Waals surface area (Å²) >= 11 is 0. The molecular formula is C9H14N2O. The minimum Gasteiger partial charge on any atom is -0.389 e. The van der Waals surface area contributed by atoms with Gasteiger partial charge in [0.2, 0.25) is 0 Å². The van der Waals surface area contributed by atoms with Crippen LogP contribution in [0.1, 0.15) is 17.0 Å². The maximum atomic E-state index is 9.32. The Morgan fingerprint density at radius 2 is 2.33 bits per heavy atom. The predicted octanol–water partition coefficient (Wildman–Crippen LogP) is 1.12. The van der Waals surface area contributed by atoms with E-state index in [4.69, 9.17) is 0 Å². The average molecular weight is 166 g/mol. The Bertz CT molecular complexity index is 259. The Morgan fingerprint density at radius 1 is 1.67 bits per heavy atom. The van der Waals surface area contributed by atoms with Crippen LogP contribution in [0, 0.1) is 13.8 Å². The third-order valence-corrected chi connectivity index (χ3v) is 1.97. The van der Waals surface area contributed by atoms with Gasteiger partial charge in [-0.15, -0.1) is 6.58 Å². The molecule has 1 heterocycles. The van der Waals surface area contributed by atoms with Gasteiger partial charge in [0.1, 0.15) is 0 Å². The molecule has 0 spiro atoms. The number of aliphatic hydroxyl groups excluding tert-OH is 1. The first-order chi connectivity index (χ1) is 5.65. The van der Waals surface area contributed by atoms with Gasteiger partial charge in [-0.1, -0.05) is 6.08 Å². The van der Waals surface area contributed by atoms with Gasteiger partial charge in [0.25, 0.3) is 0 Å². The molecule has 0 saturated carbocycles. The molecule has 0 saturated heterocycles. The van der Waals surface area contributed by atoms with Crippen LogP contribution in [0.25, 0.3) is 0 Å². The molecule has 0 aliphatic carbocycles. The fourth-order valence-electron chi connectivity index (χ4n) is 1.17. The minimum atomic E-state index is -0.472. The smallest absolute Gasteiger partial charge is 0.0759 e. The fourth-order valence-corrected chi connectivity index (χ4v) is 1.17. The van der Waals surface area contributed by atoms with Crippen molar-refractivity contribution in [3.05, 3.63) is 29.6 Å². The summed E-state index contributed by atoms with van der Waals surface area (Å²) in [4.78, 5) is 0. The molecule has 3 heteroatoms. The maximum Gasteiger partial charge on any atom is 0.0759 e. The summed E-state index contributed by atoms with van der Waals surface area (Å²) in [6.45, 7) is 7.39. The molecule has 0 unspecified atom stereocenters. The second kappa shape index (κ2) is 3.54. The van der Waals surface area contributed by atoms with E-state index in [0.717, 1.165) is 17.0 Å². The van der Waals surface area contributed by atoms with Gasteiger partial charge < -0.3 is 5.11 Å². The van der Waals surface area contributed by atoms with Crippen LogP contribution in [-0.2, 0) is 6.42 Å². The molecule has 0 aliphatic heterocycles. The molecule has 0 amide bonds. The summed E-state index contributed by atoms with van der Waals surface area (Å²) in [5, 5.41) is 16.2. The SMILES string of the molecule is C=C[C@H](O)Cc1c(C)n[nH]c1C. The molecular weight excluding hydrogens is 152 g/mol. The van der Waals surface area contributed by atoms with E-state index in [2.05, 4.69) is 16.8 Å². The topological polar surface area (TPSA) is 48.9 Å². The lowest BCUT2D eigenvalue weighted by atomic mass is 10.1. The van der Waals surface area contributed by atoms with Gasteiger partial charge in [0.05, 0.1) is 11.8 Å². The number of aryl methyl sites for hydroxylation is 2. The largest absolute Gasteiger partial charge is 0.389 e. The lowest BCUT2D eigenvalue weighted by Crippen LogP contribution is -2.07. The summed E-state index contributed by atoms with van der Waals surface area (Å²) in [7, 11) is 0. The van der Waals surface area contributed by atoms with Crippen LogP contribution >= 0.6 is 0 Å². The van der Waals surface area contributed by atoms with Crippen LogP contribution in [0.3, 0.4) is 0 Å². The van der Waals surface area contributed by atoms with Crippen molar-refractivity contribution in [3.8, 4) is 0 Å². The highest BCUT2D eigenvalue weighted by Crippen LogP contribution is 2.11. The van der Waals surface area contributed by atoms with Gasteiger partial charge >= 0.3 is 0 Å². The summed E-state index contributed by atoms with van der Waals surface area (Å²) in [5.41, 5.74) is 3.06. The van der Waals surface area contributed by atoms with Crippen LogP contribution in [-0.4, -0.2) is 21.4 Å². The zero-order valence-electron chi connectivity index (χ0n) is 7.46. The summed E-state index contributed by atoms with van der Waals surface area (Å²) in [5.74, 6) is 0.